The molecule has 0 saturated heterocycles. The van der Waals surface area contributed by atoms with Gasteiger partial charge in [-0.3, -0.25) is 20.4 Å². The second-order valence-corrected chi connectivity index (χ2v) is 6.84. The summed E-state index contributed by atoms with van der Waals surface area (Å²) in [4.78, 5) is 25.1. The summed E-state index contributed by atoms with van der Waals surface area (Å²) in [5.41, 5.74) is 4.81. The lowest BCUT2D eigenvalue weighted by Crippen LogP contribution is -2.50. The highest BCUT2D eigenvalue weighted by Gasteiger charge is 2.27. The Morgan fingerprint density at radius 2 is 1.73 bits per heavy atom. The van der Waals surface area contributed by atoms with E-state index in [4.69, 9.17) is 9.47 Å². The second-order valence-electron chi connectivity index (χ2n) is 5.67. The van der Waals surface area contributed by atoms with Crippen molar-refractivity contribution >= 4 is 23.6 Å². The zero-order chi connectivity index (χ0) is 18.2. The molecule has 6 nitrogen and oxygen atoms in total. The molecule has 2 amide bonds. The van der Waals surface area contributed by atoms with Gasteiger partial charge >= 0.3 is 0 Å². The van der Waals surface area contributed by atoms with Crippen molar-refractivity contribution in [2.45, 2.75) is 23.8 Å². The molecule has 0 saturated carbocycles. The summed E-state index contributed by atoms with van der Waals surface area (Å²) >= 11 is 1.70. The summed E-state index contributed by atoms with van der Waals surface area (Å²) in [5.74, 6) is 1.29. The van der Waals surface area contributed by atoms with Gasteiger partial charge in [-0.1, -0.05) is 30.3 Å². The monoisotopic (exact) mass is 372 g/mol. The highest BCUT2D eigenvalue weighted by molar-refractivity contribution is 7.99. The number of nitrogens with one attached hydrogen (secondary N) is 2. The first-order valence-electron chi connectivity index (χ1n) is 8.37. The number of carbonyl (C=O) groups excluding carboxylic acids is 2. The first-order chi connectivity index (χ1) is 12.7. The van der Waals surface area contributed by atoms with E-state index in [1.165, 1.54) is 4.90 Å². The Morgan fingerprint density at radius 1 is 1.00 bits per heavy atom. The van der Waals surface area contributed by atoms with Crippen LogP contribution in [0.15, 0.2) is 59.5 Å². The summed E-state index contributed by atoms with van der Waals surface area (Å²) < 4.78 is 11.1. The molecule has 0 spiro atoms. The van der Waals surface area contributed by atoms with Crippen LogP contribution in [0.2, 0.25) is 0 Å². The van der Waals surface area contributed by atoms with Crippen molar-refractivity contribution < 1.29 is 19.1 Å². The van der Waals surface area contributed by atoms with Crippen molar-refractivity contribution in [1.82, 2.24) is 10.9 Å². The maximum Gasteiger partial charge on any atom is 0.283 e. The third-order valence-corrected chi connectivity index (χ3v) is 4.78. The second kappa shape index (κ2) is 9.15. The van der Waals surface area contributed by atoms with E-state index in [1.807, 2.05) is 36.4 Å². The van der Waals surface area contributed by atoms with Crippen LogP contribution in [0, 0.1) is 0 Å². The van der Waals surface area contributed by atoms with Gasteiger partial charge in [0.05, 0.1) is 0 Å². The molecule has 136 valence electrons. The predicted molar refractivity (Wildman–Crippen MR) is 99.0 cm³/mol. The lowest BCUT2D eigenvalue weighted by molar-refractivity contribution is -0.135. The standard InChI is InChI=1S/C19H20N2O4S/c22-18(11-6-12-26-14-7-2-1-3-8-14)20-21-19(23)17-13-24-15-9-4-5-10-16(15)25-17/h1-5,7-10,17H,6,11-13H2,(H,20,22)(H,21,23)/t17-/m1/s1. The van der Waals surface area contributed by atoms with Crippen LogP contribution in [-0.2, 0) is 9.59 Å². The number of ether oxygens (including phenoxy) is 2. The van der Waals surface area contributed by atoms with E-state index in [0.29, 0.717) is 17.9 Å². The molecule has 2 aromatic carbocycles. The minimum Gasteiger partial charge on any atom is -0.485 e. The van der Waals surface area contributed by atoms with Gasteiger partial charge in [-0.2, -0.15) is 0 Å². The average molecular weight is 372 g/mol. The van der Waals surface area contributed by atoms with Gasteiger partial charge in [-0.25, -0.2) is 0 Å². The van der Waals surface area contributed by atoms with Gasteiger partial charge in [-0.05, 0) is 36.4 Å². The molecule has 1 atom stereocenters. The maximum atomic E-state index is 12.1. The molecule has 0 fully saturated rings. The Labute approximate surface area is 156 Å². The van der Waals surface area contributed by atoms with Gasteiger partial charge in [0.2, 0.25) is 12.0 Å². The fourth-order valence-electron chi connectivity index (χ4n) is 2.36. The van der Waals surface area contributed by atoms with Crippen LogP contribution in [0.25, 0.3) is 0 Å². The number of fused-ring (bicyclic) bond motifs is 1. The van der Waals surface area contributed by atoms with Crippen LogP contribution < -0.4 is 20.3 Å². The Balaban J connectivity index is 1.33. The fraction of sp³-hybridized carbons (Fsp3) is 0.263. The van der Waals surface area contributed by atoms with E-state index in [0.717, 1.165) is 12.2 Å². The molecular weight excluding hydrogens is 352 g/mol. The van der Waals surface area contributed by atoms with Crippen molar-refractivity contribution in [3.05, 3.63) is 54.6 Å². The molecule has 0 radical (unpaired) electrons. The molecule has 1 aliphatic rings. The van der Waals surface area contributed by atoms with Crippen LogP contribution in [0.3, 0.4) is 0 Å². The number of para-hydroxylation sites is 2. The Kier molecular flexibility index (Phi) is 6.38. The number of thioether (sulfide) groups is 1. The number of hydrogen-bond donors (Lipinski definition) is 2. The largest absolute Gasteiger partial charge is 0.485 e. The van der Waals surface area contributed by atoms with Crippen LogP contribution in [0.5, 0.6) is 11.5 Å². The molecule has 26 heavy (non-hydrogen) atoms. The molecular formula is C19H20N2O4S. The molecule has 0 aliphatic carbocycles. The summed E-state index contributed by atoms with van der Waals surface area (Å²) in [6, 6.07) is 17.2. The van der Waals surface area contributed by atoms with Crippen LogP contribution >= 0.6 is 11.8 Å². The number of benzene rings is 2. The van der Waals surface area contributed by atoms with Gasteiger partial charge < -0.3 is 9.47 Å². The maximum absolute atomic E-state index is 12.1. The van der Waals surface area contributed by atoms with Gasteiger partial charge in [0.1, 0.15) is 6.61 Å². The Morgan fingerprint density at radius 3 is 2.54 bits per heavy atom. The summed E-state index contributed by atoms with van der Waals surface area (Å²) in [6.45, 7) is 0.104. The molecule has 0 bridgehead atoms. The smallest absolute Gasteiger partial charge is 0.283 e. The highest BCUT2D eigenvalue weighted by atomic mass is 32.2. The number of amides is 2. The van der Waals surface area contributed by atoms with Crippen LogP contribution in [0.1, 0.15) is 12.8 Å². The first-order valence-corrected chi connectivity index (χ1v) is 9.36. The van der Waals surface area contributed by atoms with Crippen molar-refractivity contribution in [2.24, 2.45) is 0 Å². The lowest BCUT2D eigenvalue weighted by Gasteiger charge is -2.25. The predicted octanol–water partition coefficient (Wildman–Crippen LogP) is 2.55. The summed E-state index contributed by atoms with van der Waals surface area (Å²) in [7, 11) is 0. The zero-order valence-corrected chi connectivity index (χ0v) is 15.0. The van der Waals surface area contributed by atoms with E-state index in [-0.39, 0.29) is 12.5 Å². The van der Waals surface area contributed by atoms with E-state index in [1.54, 1.807) is 30.0 Å². The van der Waals surface area contributed by atoms with Gasteiger partial charge in [-0.15, -0.1) is 11.8 Å². The SMILES string of the molecule is O=C(CCCSc1ccccc1)NNC(=O)[C@H]1COc2ccccc2O1. The molecule has 2 aromatic rings. The third kappa shape index (κ3) is 5.16. The fourth-order valence-corrected chi connectivity index (χ4v) is 3.24. The van der Waals surface area contributed by atoms with Crippen LogP contribution in [0.4, 0.5) is 0 Å². The topological polar surface area (TPSA) is 76.7 Å². The molecule has 3 rings (SSSR count). The Bertz CT molecular complexity index is 754. The van der Waals surface area contributed by atoms with E-state index >= 15 is 0 Å². The van der Waals surface area contributed by atoms with E-state index in [9.17, 15) is 9.59 Å². The van der Waals surface area contributed by atoms with Crippen molar-refractivity contribution in [3.8, 4) is 11.5 Å². The molecule has 7 heteroatoms. The summed E-state index contributed by atoms with van der Waals surface area (Å²) in [5, 5.41) is 0. The average Bonchev–Trinajstić information content (AvgIpc) is 2.70. The number of hydrogen-bond acceptors (Lipinski definition) is 5. The molecule has 0 aromatic heterocycles. The molecule has 0 unspecified atom stereocenters. The number of rotatable bonds is 6. The third-order valence-electron chi connectivity index (χ3n) is 3.69. The van der Waals surface area contributed by atoms with Crippen molar-refractivity contribution in [3.63, 3.8) is 0 Å². The van der Waals surface area contributed by atoms with Crippen molar-refractivity contribution in [2.75, 3.05) is 12.4 Å². The number of hydrazine groups is 1. The molecule has 1 aliphatic heterocycles. The van der Waals surface area contributed by atoms with E-state index in [2.05, 4.69) is 10.9 Å². The lowest BCUT2D eigenvalue weighted by atomic mass is 10.2. The zero-order valence-electron chi connectivity index (χ0n) is 14.1. The molecule has 2 N–H and O–H groups in total. The molecule has 1 heterocycles. The minimum atomic E-state index is -0.793. The normalized spacial score (nSPS) is 15.2. The van der Waals surface area contributed by atoms with E-state index < -0.39 is 12.0 Å². The quantitative estimate of drug-likeness (QED) is 0.463. The first kappa shape index (κ1) is 18.1. The van der Waals surface area contributed by atoms with Gasteiger partial charge in [0.15, 0.2) is 11.5 Å². The van der Waals surface area contributed by atoms with Crippen molar-refractivity contribution in [1.29, 1.82) is 0 Å². The summed E-state index contributed by atoms with van der Waals surface area (Å²) in [6.07, 6.45) is 0.265. The number of carbonyl (C=O) groups is 2. The Hall–Kier alpha value is -2.67. The highest BCUT2D eigenvalue weighted by Crippen LogP contribution is 2.30. The van der Waals surface area contributed by atoms with Gasteiger partial charge in [0, 0.05) is 11.3 Å². The van der Waals surface area contributed by atoms with Gasteiger partial charge in [0.25, 0.3) is 5.91 Å². The van der Waals surface area contributed by atoms with Crippen LogP contribution in [-0.4, -0.2) is 30.3 Å². The minimum absolute atomic E-state index is 0.104.